The molecule has 11 nitrogen and oxygen atoms in total. The summed E-state index contributed by atoms with van der Waals surface area (Å²) in [7, 11) is -8.13. The van der Waals surface area contributed by atoms with Crippen LogP contribution in [0.1, 0.15) is 92.2 Å². The molecule has 0 radical (unpaired) electrons. The van der Waals surface area contributed by atoms with Crippen molar-refractivity contribution in [3.05, 3.63) is 71.8 Å². The predicted molar refractivity (Wildman–Crippen MR) is 214 cm³/mol. The van der Waals surface area contributed by atoms with Gasteiger partial charge in [-0.25, -0.2) is 16.8 Å². The van der Waals surface area contributed by atoms with Crippen LogP contribution in [-0.2, 0) is 42.5 Å². The van der Waals surface area contributed by atoms with E-state index < -0.39 is 60.5 Å². The lowest BCUT2D eigenvalue weighted by molar-refractivity contribution is -0.123. The highest BCUT2D eigenvalue weighted by atomic mass is 32.2. The van der Waals surface area contributed by atoms with E-state index in [4.69, 9.17) is 0 Å². The highest BCUT2D eigenvalue weighted by Gasteiger charge is 2.44. The summed E-state index contributed by atoms with van der Waals surface area (Å²) in [6.07, 6.45) is 1.67. The zero-order chi connectivity index (χ0) is 40.0. The Kier molecular flexibility index (Phi) is 15.3. The maximum atomic E-state index is 14.0. The van der Waals surface area contributed by atoms with Crippen molar-refractivity contribution in [3.63, 3.8) is 0 Å². The monoisotopic (exact) mass is 788 g/mol. The standard InChI is InChI=1S/C41H64N4O7S2/c1-27(2)37-23-29(5)19-21-44(37)53(49,50)31(7)40(47)42-35(25-33-15-11-9-12-16-33)39(46)36(26-34-17-13-10-14-18-34)43-41(48)32(8)54(51,52)45-22-20-30(6)24-38(45)28(3)4/h9-18,27-32,35-39,46H,19-26H2,1-8H3,(H,42,47)(H,43,48). The minimum absolute atomic E-state index is 0.0636. The van der Waals surface area contributed by atoms with Crippen molar-refractivity contribution < 1.29 is 31.5 Å². The van der Waals surface area contributed by atoms with Gasteiger partial charge in [0.2, 0.25) is 31.9 Å². The molecule has 54 heavy (non-hydrogen) atoms. The normalized spacial score (nSPS) is 24.7. The number of carbonyl (C=O) groups excluding carboxylic acids is 2. The van der Waals surface area contributed by atoms with E-state index in [-0.39, 0.29) is 36.8 Å². The van der Waals surface area contributed by atoms with Gasteiger partial charge in [0.25, 0.3) is 0 Å². The number of rotatable bonds is 16. The van der Waals surface area contributed by atoms with E-state index in [1.807, 2.05) is 88.4 Å². The number of aliphatic hydroxyl groups excluding tert-OH is 1. The van der Waals surface area contributed by atoms with Crippen molar-refractivity contribution in [2.45, 2.75) is 135 Å². The molecule has 2 heterocycles. The van der Waals surface area contributed by atoms with Crippen molar-refractivity contribution in [1.82, 2.24) is 19.2 Å². The maximum absolute atomic E-state index is 14.0. The first-order valence-corrected chi connectivity index (χ1v) is 22.7. The Bertz CT molecular complexity index is 1610. The quantitative estimate of drug-likeness (QED) is 0.222. The van der Waals surface area contributed by atoms with Gasteiger partial charge in [0.15, 0.2) is 10.5 Å². The van der Waals surface area contributed by atoms with Gasteiger partial charge in [0.05, 0.1) is 18.2 Å². The van der Waals surface area contributed by atoms with Crippen LogP contribution < -0.4 is 10.6 Å². The Hall–Kier alpha value is -2.84. The van der Waals surface area contributed by atoms with Gasteiger partial charge in [-0.3, -0.25) is 9.59 Å². The molecule has 0 spiro atoms. The van der Waals surface area contributed by atoms with Gasteiger partial charge < -0.3 is 15.7 Å². The summed E-state index contributed by atoms with van der Waals surface area (Å²) in [6.45, 7) is 15.6. The molecule has 2 aliphatic heterocycles. The molecule has 8 atom stereocenters. The third-order valence-corrected chi connectivity index (χ3v) is 16.0. The van der Waals surface area contributed by atoms with E-state index in [1.165, 1.54) is 22.5 Å². The molecule has 2 aliphatic rings. The van der Waals surface area contributed by atoms with Gasteiger partial charge in [0.1, 0.15) is 0 Å². The number of hydrogen-bond donors (Lipinski definition) is 3. The summed E-state index contributed by atoms with van der Waals surface area (Å²) >= 11 is 0. The van der Waals surface area contributed by atoms with Gasteiger partial charge in [-0.05, 0) is 87.2 Å². The molecule has 2 saturated heterocycles. The summed E-state index contributed by atoms with van der Waals surface area (Å²) in [5.74, 6) is -0.643. The van der Waals surface area contributed by atoms with Crippen LogP contribution in [0.2, 0.25) is 0 Å². The summed E-state index contributed by atoms with van der Waals surface area (Å²) in [5, 5.41) is 15.0. The number of aliphatic hydroxyl groups is 1. The minimum atomic E-state index is -4.06. The largest absolute Gasteiger partial charge is 0.389 e. The van der Waals surface area contributed by atoms with Crippen LogP contribution in [0.25, 0.3) is 0 Å². The third kappa shape index (κ3) is 10.7. The number of piperidine rings is 2. The summed E-state index contributed by atoms with van der Waals surface area (Å²) in [5.41, 5.74) is 1.56. The highest BCUT2D eigenvalue weighted by Crippen LogP contribution is 2.32. The van der Waals surface area contributed by atoms with Crippen LogP contribution >= 0.6 is 0 Å². The van der Waals surface area contributed by atoms with Crippen LogP contribution in [0.15, 0.2) is 60.7 Å². The summed E-state index contributed by atoms with van der Waals surface area (Å²) < 4.78 is 59.2. The van der Waals surface area contributed by atoms with E-state index in [0.29, 0.717) is 50.6 Å². The fourth-order valence-electron chi connectivity index (χ4n) is 7.97. The van der Waals surface area contributed by atoms with Gasteiger partial charge in [-0.2, -0.15) is 8.61 Å². The first kappa shape index (κ1) is 43.9. The van der Waals surface area contributed by atoms with Gasteiger partial charge in [-0.15, -0.1) is 0 Å². The van der Waals surface area contributed by atoms with Gasteiger partial charge in [-0.1, -0.05) is 102 Å². The molecule has 0 aliphatic carbocycles. The predicted octanol–water partition coefficient (Wildman–Crippen LogP) is 4.75. The number of carbonyl (C=O) groups is 2. The Morgan fingerprint density at radius 2 is 0.981 bits per heavy atom. The second-order valence-corrected chi connectivity index (χ2v) is 21.0. The zero-order valence-electron chi connectivity index (χ0n) is 33.4. The lowest BCUT2D eigenvalue weighted by atomic mass is 9.88. The molecule has 0 aromatic heterocycles. The Labute approximate surface area is 324 Å². The van der Waals surface area contributed by atoms with Crippen LogP contribution in [0.3, 0.4) is 0 Å². The lowest BCUT2D eigenvalue weighted by Crippen LogP contribution is -2.60. The first-order valence-electron chi connectivity index (χ1n) is 19.7. The summed E-state index contributed by atoms with van der Waals surface area (Å²) in [4.78, 5) is 28.0. The van der Waals surface area contributed by atoms with E-state index >= 15 is 0 Å². The summed E-state index contributed by atoms with van der Waals surface area (Å²) in [6, 6.07) is 15.9. The molecule has 2 fully saturated rings. The fraction of sp³-hybridized carbons (Fsp3) is 0.659. The van der Waals surface area contributed by atoms with Crippen molar-refractivity contribution >= 4 is 31.9 Å². The molecule has 0 saturated carbocycles. The molecule has 4 rings (SSSR count). The molecule has 302 valence electrons. The van der Waals surface area contributed by atoms with Crippen LogP contribution in [0.5, 0.6) is 0 Å². The average Bonchev–Trinajstić information content (AvgIpc) is 3.13. The average molecular weight is 789 g/mol. The topological polar surface area (TPSA) is 153 Å². The number of nitrogens with one attached hydrogen (secondary N) is 2. The Morgan fingerprint density at radius 1 is 0.648 bits per heavy atom. The molecule has 0 bridgehead atoms. The number of hydrogen-bond acceptors (Lipinski definition) is 7. The number of benzene rings is 2. The van der Waals surface area contributed by atoms with E-state index in [9.17, 15) is 31.5 Å². The molecule has 2 aromatic rings. The number of amides is 2. The molecular weight excluding hydrogens is 725 g/mol. The third-order valence-electron chi connectivity index (χ3n) is 11.6. The molecule has 2 aromatic carbocycles. The first-order chi connectivity index (χ1) is 25.3. The smallest absolute Gasteiger partial charge is 0.239 e. The molecule has 8 unspecified atom stereocenters. The molecule has 2 amide bonds. The van der Waals surface area contributed by atoms with Crippen LogP contribution in [-0.4, -0.2) is 96.2 Å². The van der Waals surface area contributed by atoms with Crippen molar-refractivity contribution in [1.29, 1.82) is 0 Å². The van der Waals surface area contributed by atoms with E-state index in [2.05, 4.69) is 24.5 Å². The number of nitrogens with zero attached hydrogens (tertiary/aromatic N) is 2. The molecule has 3 N–H and O–H groups in total. The Morgan fingerprint density at radius 3 is 1.30 bits per heavy atom. The Balaban J connectivity index is 1.64. The van der Waals surface area contributed by atoms with Gasteiger partial charge >= 0.3 is 0 Å². The number of sulfonamides is 2. The van der Waals surface area contributed by atoms with E-state index in [0.717, 1.165) is 11.1 Å². The van der Waals surface area contributed by atoms with Crippen molar-refractivity contribution in [2.24, 2.45) is 23.7 Å². The van der Waals surface area contributed by atoms with Crippen molar-refractivity contribution in [3.8, 4) is 0 Å². The second-order valence-electron chi connectivity index (χ2n) is 16.6. The fourth-order valence-corrected chi connectivity index (χ4v) is 11.6. The lowest BCUT2D eigenvalue weighted by Gasteiger charge is -2.41. The highest BCUT2D eigenvalue weighted by molar-refractivity contribution is 7.90. The van der Waals surface area contributed by atoms with Crippen LogP contribution in [0, 0.1) is 23.7 Å². The van der Waals surface area contributed by atoms with Crippen molar-refractivity contribution in [2.75, 3.05) is 13.1 Å². The SMILES string of the molecule is CC1CCN(S(=O)(=O)C(C)C(=O)NC(Cc2ccccc2)C(O)C(Cc2ccccc2)NC(=O)C(C)S(=O)(=O)N2CCC(C)CC2C(C)C)C(C(C)C)C1. The van der Waals surface area contributed by atoms with E-state index in [1.54, 1.807) is 0 Å². The zero-order valence-corrected chi connectivity index (χ0v) is 35.0. The minimum Gasteiger partial charge on any atom is -0.389 e. The second kappa shape index (κ2) is 18.9. The maximum Gasteiger partial charge on any atom is 0.239 e. The van der Waals surface area contributed by atoms with Crippen LogP contribution in [0.4, 0.5) is 0 Å². The molecular formula is C41H64N4O7S2. The van der Waals surface area contributed by atoms with Gasteiger partial charge in [0, 0.05) is 25.2 Å². The molecule has 13 heteroatoms.